The summed E-state index contributed by atoms with van der Waals surface area (Å²) in [5, 5.41) is 7.71. The fourth-order valence-electron chi connectivity index (χ4n) is 5.44. The van der Waals surface area contributed by atoms with Crippen LogP contribution < -0.4 is 0 Å². The van der Waals surface area contributed by atoms with Gasteiger partial charge in [0.25, 0.3) is 0 Å². The van der Waals surface area contributed by atoms with Crippen molar-refractivity contribution in [3.8, 4) is 11.5 Å². The van der Waals surface area contributed by atoms with E-state index in [4.69, 9.17) is 0 Å². The lowest BCUT2D eigenvalue weighted by atomic mass is 9.97. The first-order chi connectivity index (χ1) is 14.3. The van der Waals surface area contributed by atoms with Gasteiger partial charge in [0, 0.05) is 5.56 Å². The zero-order valence-electron chi connectivity index (χ0n) is 19.1. The van der Waals surface area contributed by atoms with Crippen LogP contribution in [0.4, 0.5) is 0 Å². The lowest BCUT2D eigenvalue weighted by Crippen LogP contribution is -2.43. The molecule has 4 aromatic rings. The van der Waals surface area contributed by atoms with Crippen molar-refractivity contribution < 1.29 is 0 Å². The average Bonchev–Trinajstić information content (AvgIpc) is 2.70. The molecule has 0 aliphatic carbocycles. The van der Waals surface area contributed by atoms with Gasteiger partial charge in [-0.2, -0.15) is 0 Å². The average molecular weight is 409 g/mol. The van der Waals surface area contributed by atoms with Crippen molar-refractivity contribution in [2.75, 3.05) is 0 Å². The third kappa shape index (κ3) is 3.44. The molecule has 152 valence electrons. The zero-order valence-corrected chi connectivity index (χ0v) is 20.1. The summed E-state index contributed by atoms with van der Waals surface area (Å²) < 4.78 is 0. The predicted octanol–water partition coefficient (Wildman–Crippen LogP) is 8.72. The van der Waals surface area contributed by atoms with Crippen molar-refractivity contribution in [3.63, 3.8) is 0 Å². The molecule has 0 fully saturated rings. The first-order valence-electron chi connectivity index (χ1n) is 11.2. The Balaban J connectivity index is 1.93. The summed E-state index contributed by atoms with van der Waals surface area (Å²) in [4.78, 5) is 0. The van der Waals surface area contributed by atoms with Crippen LogP contribution in [-0.2, 0) is 0 Å². The van der Waals surface area contributed by atoms with Crippen LogP contribution in [0.1, 0.15) is 47.1 Å². The highest BCUT2D eigenvalue weighted by Crippen LogP contribution is 2.41. The number of benzene rings is 4. The molecule has 0 radical (unpaired) electrons. The molecule has 1 heteroatoms. The van der Waals surface area contributed by atoms with E-state index in [9.17, 15) is 0 Å². The van der Waals surface area contributed by atoms with Crippen LogP contribution in [0.25, 0.3) is 32.3 Å². The van der Waals surface area contributed by atoms with E-state index >= 15 is 0 Å². The van der Waals surface area contributed by atoms with Crippen molar-refractivity contribution in [3.05, 3.63) is 72.3 Å². The van der Waals surface area contributed by atoms with Gasteiger partial charge in [-0.1, -0.05) is 83.9 Å². The molecule has 0 saturated carbocycles. The number of fused-ring (bicyclic) bond motifs is 3. The van der Waals surface area contributed by atoms with Gasteiger partial charge in [0.1, 0.15) is 8.07 Å². The van der Waals surface area contributed by atoms with Crippen molar-refractivity contribution in [1.29, 1.82) is 0 Å². The number of rotatable bonds is 3. The molecule has 0 aliphatic heterocycles. The third-order valence-corrected chi connectivity index (χ3v) is 13.3. The summed E-state index contributed by atoms with van der Waals surface area (Å²) in [6.07, 6.45) is 0. The largest absolute Gasteiger partial charge is 0.146 e. The smallest absolute Gasteiger partial charge is 0.125 e. The van der Waals surface area contributed by atoms with Gasteiger partial charge >= 0.3 is 0 Å². The molecular formula is C29H32Si. The second kappa shape index (κ2) is 7.93. The first kappa shape index (κ1) is 20.7. The van der Waals surface area contributed by atoms with E-state index in [1.54, 1.807) is 0 Å². The molecule has 0 amide bonds. The standard InChI is InChI=1S/C29H32Si/c1-20(2)30(21(3)4,22(5)6)15-14-23-12-9-13-26-18-27-16-24-10-7-8-11-25(24)17-28(27)19-29(23)26/h7-13,16-22H,1-6H3. The molecule has 0 aromatic heterocycles. The maximum Gasteiger partial charge on any atom is 0.146 e. The number of hydrogen-bond acceptors (Lipinski definition) is 0. The van der Waals surface area contributed by atoms with E-state index in [0.717, 1.165) is 0 Å². The van der Waals surface area contributed by atoms with E-state index in [1.807, 2.05) is 0 Å². The van der Waals surface area contributed by atoms with Crippen LogP contribution in [0.2, 0.25) is 16.6 Å². The molecule has 0 heterocycles. The van der Waals surface area contributed by atoms with Gasteiger partial charge < -0.3 is 0 Å². The van der Waals surface area contributed by atoms with Gasteiger partial charge in [-0.15, -0.1) is 5.54 Å². The molecule has 4 rings (SSSR count). The third-order valence-electron chi connectivity index (χ3n) is 6.98. The van der Waals surface area contributed by atoms with Gasteiger partial charge in [0.2, 0.25) is 0 Å². The normalized spacial score (nSPS) is 12.3. The molecule has 0 N–H and O–H groups in total. The SMILES string of the molecule is CC(C)[Si](C#Cc1cccc2cc3cc4ccccc4cc3cc12)(C(C)C)C(C)C. The van der Waals surface area contributed by atoms with Gasteiger partial charge in [-0.05, 0) is 79.3 Å². The highest BCUT2D eigenvalue weighted by atomic mass is 28.3. The summed E-state index contributed by atoms with van der Waals surface area (Å²) in [6.45, 7) is 14.3. The Bertz CT molecular complexity index is 1260. The fourth-order valence-corrected chi connectivity index (χ4v) is 10.7. The minimum absolute atomic E-state index is 0.646. The fraction of sp³-hybridized carbons (Fsp3) is 0.310. The van der Waals surface area contributed by atoms with E-state index in [2.05, 4.69) is 120 Å². The minimum atomic E-state index is -1.75. The van der Waals surface area contributed by atoms with E-state index in [0.29, 0.717) is 16.6 Å². The van der Waals surface area contributed by atoms with Crippen molar-refractivity contribution >= 4 is 40.4 Å². The van der Waals surface area contributed by atoms with Crippen molar-refractivity contribution in [1.82, 2.24) is 0 Å². The van der Waals surface area contributed by atoms with Gasteiger partial charge in [0.15, 0.2) is 0 Å². The maximum absolute atomic E-state index is 3.91. The molecule has 0 saturated heterocycles. The van der Waals surface area contributed by atoms with Gasteiger partial charge in [-0.25, -0.2) is 0 Å². The van der Waals surface area contributed by atoms with Crippen LogP contribution in [0.15, 0.2) is 66.7 Å². The molecule has 0 bridgehead atoms. The van der Waals surface area contributed by atoms with E-state index in [1.165, 1.54) is 37.9 Å². The highest BCUT2D eigenvalue weighted by molar-refractivity contribution is 6.90. The second-order valence-corrected chi connectivity index (χ2v) is 15.2. The Morgan fingerprint density at radius 1 is 0.567 bits per heavy atom. The van der Waals surface area contributed by atoms with Gasteiger partial charge in [-0.3, -0.25) is 0 Å². The molecule has 30 heavy (non-hydrogen) atoms. The zero-order chi connectivity index (χ0) is 21.5. The summed E-state index contributed by atoms with van der Waals surface area (Å²) in [7, 11) is -1.75. The summed E-state index contributed by atoms with van der Waals surface area (Å²) in [6, 6.07) is 24.4. The van der Waals surface area contributed by atoms with Crippen molar-refractivity contribution in [2.24, 2.45) is 0 Å². The summed E-state index contributed by atoms with van der Waals surface area (Å²) in [5.41, 5.74) is 7.01. The molecule has 4 aromatic carbocycles. The van der Waals surface area contributed by atoms with Crippen LogP contribution in [0, 0.1) is 11.5 Å². The Hall–Kier alpha value is -2.56. The maximum atomic E-state index is 3.91. The summed E-state index contributed by atoms with van der Waals surface area (Å²) >= 11 is 0. The van der Waals surface area contributed by atoms with Crippen LogP contribution in [0.3, 0.4) is 0 Å². The van der Waals surface area contributed by atoms with Crippen LogP contribution in [-0.4, -0.2) is 8.07 Å². The van der Waals surface area contributed by atoms with Crippen LogP contribution >= 0.6 is 0 Å². The van der Waals surface area contributed by atoms with Gasteiger partial charge in [0.05, 0.1) is 0 Å². The topological polar surface area (TPSA) is 0 Å². The number of hydrogen-bond donors (Lipinski definition) is 0. The minimum Gasteiger partial charge on any atom is -0.125 e. The summed E-state index contributed by atoms with van der Waals surface area (Å²) in [5.74, 6) is 3.69. The van der Waals surface area contributed by atoms with Crippen LogP contribution in [0.5, 0.6) is 0 Å². The predicted molar refractivity (Wildman–Crippen MR) is 137 cm³/mol. The van der Waals surface area contributed by atoms with E-state index in [-0.39, 0.29) is 0 Å². The molecule has 0 spiro atoms. The molecule has 0 atom stereocenters. The lowest BCUT2D eigenvalue weighted by molar-refractivity contribution is 0.838. The Morgan fingerprint density at radius 2 is 1.07 bits per heavy atom. The quantitative estimate of drug-likeness (QED) is 0.181. The Labute approximate surface area is 182 Å². The monoisotopic (exact) mass is 408 g/mol. The highest BCUT2D eigenvalue weighted by Gasteiger charge is 2.41. The molecule has 0 nitrogen and oxygen atoms in total. The first-order valence-corrected chi connectivity index (χ1v) is 13.4. The molecule has 0 aliphatic rings. The second-order valence-electron chi connectivity index (χ2n) is 9.57. The molecule has 0 unspecified atom stereocenters. The Kier molecular flexibility index (Phi) is 5.47. The lowest BCUT2D eigenvalue weighted by Gasteiger charge is -2.38. The van der Waals surface area contributed by atoms with Crippen molar-refractivity contribution in [2.45, 2.75) is 58.2 Å². The van der Waals surface area contributed by atoms with E-state index < -0.39 is 8.07 Å². The Morgan fingerprint density at radius 3 is 1.63 bits per heavy atom. The molecular weight excluding hydrogens is 376 g/mol.